The quantitative estimate of drug-likeness (QED) is 0.310. The molecule has 0 aromatic carbocycles. The smallest absolute Gasteiger partial charge is 0.0303 e. The van der Waals surface area contributed by atoms with Crippen LogP contribution in [-0.2, 0) is 0 Å². The van der Waals surface area contributed by atoms with E-state index in [1.807, 2.05) is 13.8 Å². The fourth-order valence-electron chi connectivity index (χ4n) is 3.51. The summed E-state index contributed by atoms with van der Waals surface area (Å²) in [7, 11) is 0. The molecule has 0 aromatic heterocycles. The Kier molecular flexibility index (Phi) is 21.1. The van der Waals surface area contributed by atoms with Crippen molar-refractivity contribution < 1.29 is 0 Å². The highest BCUT2D eigenvalue weighted by molar-refractivity contribution is 4.76. The van der Waals surface area contributed by atoms with E-state index in [1.165, 1.54) is 96.3 Å². The standard InChI is InChI=1S/C18H38.C4H8.C2H6/c1-6-11-15-18(9-4,10-5)16-13-12-14-17(7-2)8-3;1-2-4-3-1;1-2/h17H,6-16H2,1-5H3;1-4H2;1-2H3. The first-order chi connectivity index (χ1) is 11.7. The van der Waals surface area contributed by atoms with Crippen LogP contribution in [0.5, 0.6) is 0 Å². The van der Waals surface area contributed by atoms with E-state index in [-0.39, 0.29) is 0 Å². The molecular weight excluding hydrogens is 288 g/mol. The summed E-state index contributed by atoms with van der Waals surface area (Å²) in [6.07, 6.45) is 21.6. The van der Waals surface area contributed by atoms with E-state index in [4.69, 9.17) is 0 Å². The Labute approximate surface area is 156 Å². The fraction of sp³-hybridized carbons (Fsp3) is 1.00. The van der Waals surface area contributed by atoms with Crippen LogP contribution in [0.4, 0.5) is 0 Å². The molecule has 0 N–H and O–H groups in total. The molecule has 1 aliphatic carbocycles. The van der Waals surface area contributed by atoms with E-state index < -0.39 is 0 Å². The summed E-state index contributed by atoms with van der Waals surface area (Å²) >= 11 is 0. The Bertz CT molecular complexity index is 202. The third-order valence-corrected chi connectivity index (χ3v) is 6.28. The van der Waals surface area contributed by atoms with Gasteiger partial charge in [0.2, 0.25) is 0 Å². The van der Waals surface area contributed by atoms with Gasteiger partial charge in [0.15, 0.2) is 0 Å². The molecule has 0 atom stereocenters. The van der Waals surface area contributed by atoms with Gasteiger partial charge in [-0.05, 0) is 24.2 Å². The molecule has 0 amide bonds. The Hall–Kier alpha value is 0. The summed E-state index contributed by atoms with van der Waals surface area (Å²) < 4.78 is 0. The zero-order chi connectivity index (χ0) is 18.7. The molecule has 1 fully saturated rings. The van der Waals surface area contributed by atoms with Crippen LogP contribution in [0, 0.1) is 11.3 Å². The van der Waals surface area contributed by atoms with Crippen LogP contribution in [0.3, 0.4) is 0 Å². The molecule has 0 aromatic rings. The van der Waals surface area contributed by atoms with E-state index in [2.05, 4.69) is 34.6 Å². The average molecular weight is 341 g/mol. The normalized spacial score (nSPS) is 13.5. The van der Waals surface area contributed by atoms with Crippen molar-refractivity contribution in [1.82, 2.24) is 0 Å². The molecule has 0 spiro atoms. The minimum Gasteiger partial charge on any atom is -0.0683 e. The second-order valence-corrected chi connectivity index (χ2v) is 7.65. The van der Waals surface area contributed by atoms with Gasteiger partial charge in [-0.15, -0.1) is 0 Å². The monoisotopic (exact) mass is 340 g/mol. The van der Waals surface area contributed by atoms with Crippen molar-refractivity contribution in [2.24, 2.45) is 11.3 Å². The van der Waals surface area contributed by atoms with Gasteiger partial charge in [-0.2, -0.15) is 0 Å². The lowest BCUT2D eigenvalue weighted by molar-refractivity contribution is 0.202. The maximum atomic E-state index is 2.40. The number of hydrogen-bond donors (Lipinski definition) is 0. The molecule has 1 rings (SSSR count). The van der Waals surface area contributed by atoms with Crippen LogP contribution >= 0.6 is 0 Å². The minimum atomic E-state index is 0.671. The SMILES string of the molecule is C1CCC1.CC.CCCCC(CC)(CC)CCCCC(CC)CC. The summed E-state index contributed by atoms with van der Waals surface area (Å²) in [4.78, 5) is 0. The maximum Gasteiger partial charge on any atom is -0.0303 e. The van der Waals surface area contributed by atoms with E-state index in [0.29, 0.717) is 5.41 Å². The highest BCUT2D eigenvalue weighted by Crippen LogP contribution is 2.38. The van der Waals surface area contributed by atoms with Crippen LogP contribution in [0.15, 0.2) is 0 Å². The van der Waals surface area contributed by atoms with Gasteiger partial charge in [0.05, 0.1) is 0 Å². The van der Waals surface area contributed by atoms with E-state index in [1.54, 1.807) is 0 Å². The first-order valence-electron chi connectivity index (χ1n) is 11.7. The van der Waals surface area contributed by atoms with Gasteiger partial charge in [0.25, 0.3) is 0 Å². The molecule has 0 saturated heterocycles. The largest absolute Gasteiger partial charge is 0.0683 e. The lowest BCUT2D eigenvalue weighted by atomic mass is 9.74. The third-order valence-electron chi connectivity index (χ3n) is 6.28. The lowest BCUT2D eigenvalue weighted by Crippen LogP contribution is -2.19. The van der Waals surface area contributed by atoms with Crippen molar-refractivity contribution in [3.05, 3.63) is 0 Å². The van der Waals surface area contributed by atoms with Gasteiger partial charge >= 0.3 is 0 Å². The predicted octanol–water partition coefficient (Wildman–Crippen LogP) is 9.57. The van der Waals surface area contributed by atoms with Gasteiger partial charge in [0.1, 0.15) is 0 Å². The van der Waals surface area contributed by atoms with Crippen LogP contribution < -0.4 is 0 Å². The molecule has 1 aliphatic rings. The van der Waals surface area contributed by atoms with Gasteiger partial charge in [0, 0.05) is 0 Å². The Morgan fingerprint density at radius 3 is 1.46 bits per heavy atom. The molecule has 24 heavy (non-hydrogen) atoms. The first kappa shape index (κ1) is 26.2. The van der Waals surface area contributed by atoms with Crippen molar-refractivity contribution >= 4 is 0 Å². The van der Waals surface area contributed by atoms with Gasteiger partial charge < -0.3 is 0 Å². The summed E-state index contributed by atoms with van der Waals surface area (Å²) in [5, 5.41) is 0. The fourth-order valence-corrected chi connectivity index (χ4v) is 3.51. The molecule has 0 heteroatoms. The third kappa shape index (κ3) is 13.3. The van der Waals surface area contributed by atoms with Crippen molar-refractivity contribution in [1.29, 1.82) is 0 Å². The summed E-state index contributed by atoms with van der Waals surface area (Å²) in [5.74, 6) is 0.985. The van der Waals surface area contributed by atoms with Crippen LogP contribution in [-0.4, -0.2) is 0 Å². The van der Waals surface area contributed by atoms with Crippen LogP contribution in [0.2, 0.25) is 0 Å². The number of hydrogen-bond acceptors (Lipinski definition) is 0. The predicted molar refractivity (Wildman–Crippen MR) is 115 cm³/mol. The van der Waals surface area contributed by atoms with E-state index >= 15 is 0 Å². The molecule has 0 bridgehead atoms. The number of rotatable bonds is 12. The Morgan fingerprint density at radius 1 is 0.667 bits per heavy atom. The van der Waals surface area contributed by atoms with Crippen LogP contribution in [0.25, 0.3) is 0 Å². The molecule has 0 nitrogen and oxygen atoms in total. The van der Waals surface area contributed by atoms with E-state index in [9.17, 15) is 0 Å². The Morgan fingerprint density at radius 2 is 1.12 bits per heavy atom. The molecule has 1 saturated carbocycles. The van der Waals surface area contributed by atoms with Crippen molar-refractivity contribution in [3.8, 4) is 0 Å². The zero-order valence-corrected chi connectivity index (χ0v) is 18.7. The first-order valence-corrected chi connectivity index (χ1v) is 11.7. The summed E-state index contributed by atoms with van der Waals surface area (Å²) in [6, 6.07) is 0. The second kappa shape index (κ2) is 19.3. The Balaban J connectivity index is 0. The highest BCUT2D eigenvalue weighted by Gasteiger charge is 2.24. The second-order valence-electron chi connectivity index (χ2n) is 7.65. The van der Waals surface area contributed by atoms with Crippen LogP contribution in [0.1, 0.15) is 145 Å². The zero-order valence-electron chi connectivity index (χ0n) is 18.7. The van der Waals surface area contributed by atoms with Crippen molar-refractivity contribution in [2.75, 3.05) is 0 Å². The lowest BCUT2D eigenvalue weighted by Gasteiger charge is -2.32. The topological polar surface area (TPSA) is 0 Å². The molecule has 0 aliphatic heterocycles. The van der Waals surface area contributed by atoms with E-state index in [0.717, 1.165) is 5.92 Å². The molecular formula is C24H52. The van der Waals surface area contributed by atoms with Gasteiger partial charge in [-0.25, -0.2) is 0 Å². The summed E-state index contributed by atoms with van der Waals surface area (Å²) in [6.45, 7) is 15.8. The van der Waals surface area contributed by atoms with Gasteiger partial charge in [-0.1, -0.05) is 132 Å². The molecule has 0 heterocycles. The number of unbranched alkanes of at least 4 members (excludes halogenated alkanes) is 2. The van der Waals surface area contributed by atoms with Gasteiger partial charge in [-0.3, -0.25) is 0 Å². The summed E-state index contributed by atoms with van der Waals surface area (Å²) in [5.41, 5.74) is 0.671. The van der Waals surface area contributed by atoms with Crippen molar-refractivity contribution in [2.45, 2.75) is 145 Å². The average Bonchev–Trinajstić information content (AvgIpc) is 2.58. The highest BCUT2D eigenvalue weighted by atomic mass is 14.3. The molecule has 148 valence electrons. The van der Waals surface area contributed by atoms with Crippen molar-refractivity contribution in [3.63, 3.8) is 0 Å². The minimum absolute atomic E-state index is 0.671. The molecule has 0 unspecified atom stereocenters. The maximum absolute atomic E-state index is 2.40. The molecule has 0 radical (unpaired) electrons.